The normalized spacial score (nSPS) is 15.3. The first kappa shape index (κ1) is 16.8. The summed E-state index contributed by atoms with van der Waals surface area (Å²) in [7, 11) is 1.35. The first-order chi connectivity index (χ1) is 11.0. The van der Waals surface area contributed by atoms with E-state index in [0.29, 0.717) is 38.9 Å². The van der Waals surface area contributed by atoms with Gasteiger partial charge in [0.2, 0.25) is 11.5 Å². The van der Waals surface area contributed by atoms with Crippen LogP contribution in [0.2, 0.25) is 9.36 Å². The molecule has 0 saturated heterocycles. The molecule has 1 aliphatic carbocycles. The number of nitrogens with zero attached hydrogens (tertiary/aromatic N) is 2. The third-order valence-corrected chi connectivity index (χ3v) is 5.76. The summed E-state index contributed by atoms with van der Waals surface area (Å²) in [5, 5.41) is 1.02. The van der Waals surface area contributed by atoms with Gasteiger partial charge in [0, 0.05) is 18.9 Å². The van der Waals surface area contributed by atoms with Crippen LogP contribution >= 0.6 is 46.3 Å². The number of halogens is 2. The highest BCUT2D eigenvalue weighted by molar-refractivity contribution is 7.98. The Balaban J connectivity index is 1.95. The molecule has 23 heavy (non-hydrogen) atoms. The van der Waals surface area contributed by atoms with E-state index in [1.807, 2.05) is 6.26 Å². The molecule has 0 radical (unpaired) electrons. The van der Waals surface area contributed by atoms with Crippen LogP contribution in [-0.4, -0.2) is 34.9 Å². The summed E-state index contributed by atoms with van der Waals surface area (Å²) in [5.74, 6) is -0.0477. The van der Waals surface area contributed by atoms with Gasteiger partial charge in [0.1, 0.15) is 4.34 Å². The highest BCUT2D eigenvalue weighted by atomic mass is 35.5. The van der Waals surface area contributed by atoms with Crippen molar-refractivity contribution in [2.45, 2.75) is 23.6 Å². The first-order valence-corrected chi connectivity index (χ1v) is 9.43. The Bertz CT molecular complexity index is 743. The Hall–Kier alpha value is -1.02. The van der Waals surface area contributed by atoms with Crippen LogP contribution in [0.5, 0.6) is 5.88 Å². The number of thioether (sulfide) groups is 1. The summed E-state index contributed by atoms with van der Waals surface area (Å²) < 4.78 is 11.1. The van der Waals surface area contributed by atoms with E-state index in [0.717, 1.165) is 4.88 Å². The number of esters is 1. The van der Waals surface area contributed by atoms with Crippen molar-refractivity contribution in [1.82, 2.24) is 9.97 Å². The van der Waals surface area contributed by atoms with E-state index in [1.165, 1.54) is 30.2 Å². The smallest absolute Gasteiger partial charge is 0.350 e. The number of rotatable bonds is 5. The topological polar surface area (TPSA) is 61.3 Å². The number of hydrogen-bond acceptors (Lipinski definition) is 7. The summed E-state index contributed by atoms with van der Waals surface area (Å²) in [6.45, 7) is 0. The van der Waals surface area contributed by atoms with E-state index in [4.69, 9.17) is 32.7 Å². The molecule has 0 aliphatic heterocycles. The Morgan fingerprint density at radius 3 is 2.61 bits per heavy atom. The Labute approximate surface area is 151 Å². The first-order valence-electron chi connectivity index (χ1n) is 6.63. The van der Waals surface area contributed by atoms with Crippen LogP contribution in [0.1, 0.15) is 12.8 Å². The van der Waals surface area contributed by atoms with E-state index < -0.39 is 5.60 Å². The fraction of sp³-hybridized carbons (Fsp3) is 0.357. The molecule has 0 atom stereocenters. The molecule has 0 unspecified atom stereocenters. The minimum absolute atomic E-state index is 0.336. The monoisotopic (exact) mass is 390 g/mol. The van der Waals surface area contributed by atoms with E-state index in [-0.39, 0.29) is 5.97 Å². The third kappa shape index (κ3) is 3.42. The molecule has 0 amide bonds. The number of carbonyl (C=O) groups is 1. The van der Waals surface area contributed by atoms with Crippen molar-refractivity contribution in [2.24, 2.45) is 0 Å². The van der Waals surface area contributed by atoms with Crippen LogP contribution in [0.3, 0.4) is 0 Å². The molecule has 0 bridgehead atoms. The van der Waals surface area contributed by atoms with Crippen LogP contribution in [0.15, 0.2) is 17.3 Å². The minimum Gasteiger partial charge on any atom is -0.466 e. The van der Waals surface area contributed by atoms with Gasteiger partial charge in [-0.2, -0.15) is 4.98 Å². The third-order valence-electron chi connectivity index (χ3n) is 3.32. The van der Waals surface area contributed by atoms with Gasteiger partial charge in [-0.1, -0.05) is 35.0 Å². The summed E-state index contributed by atoms with van der Waals surface area (Å²) in [4.78, 5) is 21.4. The van der Waals surface area contributed by atoms with Crippen LogP contribution in [0.4, 0.5) is 0 Å². The van der Waals surface area contributed by atoms with Crippen molar-refractivity contribution >= 4 is 52.3 Å². The lowest BCUT2D eigenvalue weighted by Crippen LogP contribution is -2.31. The number of hydrogen-bond donors (Lipinski definition) is 0. The second-order valence-corrected chi connectivity index (χ2v) is 7.73. The minimum atomic E-state index is -0.916. The summed E-state index contributed by atoms with van der Waals surface area (Å²) in [6, 6.07) is 3.43. The molecule has 0 spiro atoms. The van der Waals surface area contributed by atoms with E-state index in [9.17, 15) is 4.79 Å². The Morgan fingerprint density at radius 2 is 2.09 bits per heavy atom. The van der Waals surface area contributed by atoms with Crippen molar-refractivity contribution < 1.29 is 14.3 Å². The quantitative estimate of drug-likeness (QED) is 0.430. The van der Waals surface area contributed by atoms with Crippen molar-refractivity contribution in [3.05, 3.63) is 21.5 Å². The van der Waals surface area contributed by atoms with E-state index in [1.54, 1.807) is 12.1 Å². The molecule has 0 N–H and O–H groups in total. The molecule has 2 heterocycles. The van der Waals surface area contributed by atoms with Crippen LogP contribution in [0, 0.1) is 0 Å². The second kappa shape index (κ2) is 6.47. The number of aromatic nitrogens is 2. The standard InChI is InChI=1S/C14H12Cl2N2O3S2/c1-20-12(19)14(3-4-14)21-10-6-8(17-13(18-10)22-2)9-5-7(15)11(16)23-9/h5-6H,3-4H2,1-2H3. The van der Waals surface area contributed by atoms with Gasteiger partial charge in [0.25, 0.3) is 0 Å². The largest absolute Gasteiger partial charge is 0.466 e. The van der Waals surface area contributed by atoms with Gasteiger partial charge < -0.3 is 9.47 Å². The van der Waals surface area contributed by atoms with E-state index in [2.05, 4.69) is 9.97 Å². The lowest BCUT2D eigenvalue weighted by molar-refractivity contribution is -0.151. The summed E-state index contributed by atoms with van der Waals surface area (Å²) in [5.41, 5.74) is -0.264. The Kier molecular flexibility index (Phi) is 4.73. The maximum atomic E-state index is 11.8. The molecule has 1 fully saturated rings. The van der Waals surface area contributed by atoms with Crippen molar-refractivity contribution in [3.8, 4) is 16.5 Å². The second-order valence-electron chi connectivity index (χ2n) is 4.90. The molecule has 1 aliphatic rings. The van der Waals surface area contributed by atoms with Gasteiger partial charge in [-0.05, 0) is 12.3 Å². The predicted octanol–water partition coefficient (Wildman–Crippen LogP) is 4.32. The number of carbonyl (C=O) groups excluding carboxylic acids is 1. The van der Waals surface area contributed by atoms with Gasteiger partial charge in [-0.15, -0.1) is 11.3 Å². The molecular formula is C14H12Cl2N2O3S2. The zero-order chi connectivity index (χ0) is 16.6. The van der Waals surface area contributed by atoms with Crippen LogP contribution < -0.4 is 4.74 Å². The lowest BCUT2D eigenvalue weighted by atomic mass is 10.3. The van der Waals surface area contributed by atoms with Gasteiger partial charge >= 0.3 is 5.97 Å². The summed E-state index contributed by atoms with van der Waals surface area (Å²) >= 11 is 14.7. The molecule has 9 heteroatoms. The van der Waals surface area contributed by atoms with Gasteiger partial charge in [-0.3, -0.25) is 0 Å². The average molecular weight is 391 g/mol. The SMILES string of the molecule is COC(=O)C1(Oc2cc(-c3cc(Cl)c(Cl)s3)nc(SC)n2)CC1. The van der Waals surface area contributed by atoms with Crippen LogP contribution in [0.25, 0.3) is 10.6 Å². The number of methoxy groups -OCH3 is 1. The molecule has 3 rings (SSSR count). The molecule has 5 nitrogen and oxygen atoms in total. The van der Waals surface area contributed by atoms with Crippen molar-refractivity contribution in [1.29, 1.82) is 0 Å². The molecule has 2 aromatic heterocycles. The fourth-order valence-corrected chi connectivity index (χ4v) is 3.69. The molecule has 0 aromatic carbocycles. The number of thiophene rings is 1. The zero-order valence-electron chi connectivity index (χ0n) is 12.3. The van der Waals surface area contributed by atoms with Gasteiger partial charge in [0.15, 0.2) is 5.16 Å². The van der Waals surface area contributed by atoms with Gasteiger partial charge in [-0.25, -0.2) is 9.78 Å². The molecular weight excluding hydrogens is 379 g/mol. The maximum Gasteiger partial charge on any atom is 0.350 e. The Morgan fingerprint density at radius 1 is 1.35 bits per heavy atom. The number of ether oxygens (including phenoxy) is 2. The molecule has 2 aromatic rings. The fourth-order valence-electron chi connectivity index (χ4n) is 1.99. The average Bonchev–Trinajstić information content (AvgIpc) is 3.25. The predicted molar refractivity (Wildman–Crippen MR) is 91.8 cm³/mol. The maximum absolute atomic E-state index is 11.8. The highest BCUT2D eigenvalue weighted by Gasteiger charge is 2.54. The van der Waals surface area contributed by atoms with Crippen LogP contribution in [-0.2, 0) is 9.53 Å². The highest BCUT2D eigenvalue weighted by Crippen LogP contribution is 2.42. The summed E-state index contributed by atoms with van der Waals surface area (Å²) in [6.07, 6.45) is 3.10. The van der Waals surface area contributed by atoms with Crippen molar-refractivity contribution in [3.63, 3.8) is 0 Å². The lowest BCUT2D eigenvalue weighted by Gasteiger charge is -2.15. The van der Waals surface area contributed by atoms with Gasteiger partial charge in [0.05, 0.1) is 22.7 Å². The zero-order valence-corrected chi connectivity index (χ0v) is 15.4. The molecule has 122 valence electrons. The van der Waals surface area contributed by atoms with Crippen molar-refractivity contribution in [2.75, 3.05) is 13.4 Å². The molecule has 1 saturated carbocycles. The van der Waals surface area contributed by atoms with E-state index >= 15 is 0 Å².